The van der Waals surface area contributed by atoms with Crippen LogP contribution in [0.1, 0.15) is 144 Å². The zero-order chi connectivity index (χ0) is 26.8. The lowest BCUT2D eigenvalue weighted by Crippen LogP contribution is -2.49. The summed E-state index contributed by atoms with van der Waals surface area (Å²) >= 11 is 0. The minimum absolute atomic E-state index is 0.0115. The van der Waals surface area contributed by atoms with E-state index < -0.39 is 6.04 Å². The van der Waals surface area contributed by atoms with Gasteiger partial charge in [0.05, 0.1) is 5.92 Å². The van der Waals surface area contributed by atoms with Crippen molar-refractivity contribution in [3.63, 3.8) is 0 Å². The summed E-state index contributed by atoms with van der Waals surface area (Å²) in [6.45, 7) is 9.81. The molecule has 0 saturated carbocycles. The van der Waals surface area contributed by atoms with Gasteiger partial charge in [-0.05, 0) is 25.2 Å². The Morgan fingerprint density at radius 2 is 1.44 bits per heavy atom. The van der Waals surface area contributed by atoms with E-state index in [0.29, 0.717) is 6.42 Å². The number of rotatable bonds is 22. The molecule has 1 rings (SSSR count). The van der Waals surface area contributed by atoms with Crippen molar-refractivity contribution in [1.82, 2.24) is 5.32 Å². The summed E-state index contributed by atoms with van der Waals surface area (Å²) in [5, 5.41) is 2.78. The van der Waals surface area contributed by atoms with Gasteiger partial charge in [0.15, 0.2) is 0 Å². The van der Waals surface area contributed by atoms with Crippen molar-refractivity contribution < 1.29 is 23.9 Å². The molecular formula is C30H55NO5. The first-order chi connectivity index (χ1) is 17.3. The lowest BCUT2D eigenvalue weighted by molar-refractivity contribution is -0.190. The number of hydrogen-bond acceptors (Lipinski definition) is 5. The highest BCUT2D eigenvalue weighted by molar-refractivity contribution is 5.83. The number of cyclic esters (lactones) is 1. The van der Waals surface area contributed by atoms with E-state index in [1.807, 2.05) is 13.8 Å². The van der Waals surface area contributed by atoms with Crippen molar-refractivity contribution in [2.45, 2.75) is 162 Å². The molecule has 1 amide bonds. The normalized spacial score (nSPS) is 19.6. The first-order valence-electron chi connectivity index (χ1n) is 15.0. The van der Waals surface area contributed by atoms with E-state index in [9.17, 15) is 14.4 Å². The molecular weight excluding hydrogens is 454 g/mol. The summed E-state index contributed by atoms with van der Waals surface area (Å²) in [7, 11) is 0. The Hall–Kier alpha value is -1.59. The molecule has 6 nitrogen and oxygen atoms in total. The van der Waals surface area contributed by atoms with E-state index in [4.69, 9.17) is 9.47 Å². The van der Waals surface area contributed by atoms with Crippen LogP contribution in [0.4, 0.5) is 0 Å². The molecule has 1 aliphatic rings. The van der Waals surface area contributed by atoms with Crippen LogP contribution in [0.15, 0.2) is 0 Å². The molecule has 0 radical (unpaired) electrons. The smallest absolute Gasteiger partial charge is 0.329 e. The van der Waals surface area contributed by atoms with E-state index in [1.165, 1.54) is 64.7 Å². The molecule has 210 valence electrons. The quantitative estimate of drug-likeness (QED) is 0.123. The summed E-state index contributed by atoms with van der Waals surface area (Å²) in [6, 6.07) is -0.646. The lowest BCUT2D eigenvalue weighted by atomic mass is 9.86. The van der Waals surface area contributed by atoms with Crippen molar-refractivity contribution in [1.29, 1.82) is 0 Å². The fourth-order valence-electron chi connectivity index (χ4n) is 5.00. The first-order valence-corrected chi connectivity index (χ1v) is 15.0. The number of esters is 2. The minimum atomic E-state index is -0.646. The number of nitrogens with one attached hydrogen (secondary N) is 1. The molecule has 1 aliphatic heterocycles. The molecule has 36 heavy (non-hydrogen) atoms. The maximum Gasteiger partial charge on any atom is 0.329 e. The third-order valence-electron chi connectivity index (χ3n) is 7.62. The Labute approximate surface area is 221 Å². The van der Waals surface area contributed by atoms with Gasteiger partial charge in [-0.3, -0.25) is 9.59 Å². The largest absolute Gasteiger partial charge is 0.461 e. The fraction of sp³-hybridized carbons (Fsp3) is 0.900. The molecule has 0 aromatic rings. The van der Waals surface area contributed by atoms with Crippen molar-refractivity contribution in [2.75, 3.05) is 0 Å². The molecule has 1 N–H and O–H groups in total. The molecule has 6 heteroatoms. The lowest BCUT2D eigenvalue weighted by Gasteiger charge is -2.37. The van der Waals surface area contributed by atoms with E-state index in [2.05, 4.69) is 19.2 Å². The van der Waals surface area contributed by atoms with Crippen molar-refractivity contribution in [3.8, 4) is 0 Å². The second-order valence-electron chi connectivity index (χ2n) is 10.9. The van der Waals surface area contributed by atoms with Gasteiger partial charge in [-0.2, -0.15) is 0 Å². The summed E-state index contributed by atoms with van der Waals surface area (Å²) in [6.07, 6.45) is 18.1. The highest BCUT2D eigenvalue weighted by Gasteiger charge is 2.43. The van der Waals surface area contributed by atoms with E-state index in [-0.39, 0.29) is 41.9 Å². The zero-order valence-electron chi connectivity index (χ0n) is 23.9. The second kappa shape index (κ2) is 19.5. The van der Waals surface area contributed by atoms with Gasteiger partial charge < -0.3 is 14.8 Å². The summed E-state index contributed by atoms with van der Waals surface area (Å²) in [5.74, 6) is -0.798. The van der Waals surface area contributed by atoms with Gasteiger partial charge in [0.25, 0.3) is 0 Å². The molecule has 1 heterocycles. The topological polar surface area (TPSA) is 81.7 Å². The Kier molecular flexibility index (Phi) is 17.6. The van der Waals surface area contributed by atoms with Gasteiger partial charge in [0.1, 0.15) is 18.2 Å². The van der Waals surface area contributed by atoms with Crippen molar-refractivity contribution >= 4 is 17.8 Å². The van der Waals surface area contributed by atoms with Crippen LogP contribution in [-0.4, -0.2) is 36.1 Å². The standard InChI is InChI=1S/C30H55NO5/c1-6-9-11-13-14-15-16-17-18-20-25(35-30(34)28(23(4)8-3)31-24(5)32)22-27-26(29(33)36-27)21-19-12-10-7-2/h23,25-28H,6-22H2,1-5H3,(H,31,32)/t23?,25-,26-,27-,28-/m0/s1. The van der Waals surface area contributed by atoms with Crippen LogP contribution in [-0.2, 0) is 23.9 Å². The average molecular weight is 510 g/mol. The molecule has 1 unspecified atom stereocenters. The Morgan fingerprint density at radius 1 is 0.889 bits per heavy atom. The van der Waals surface area contributed by atoms with E-state index in [0.717, 1.165) is 44.9 Å². The Bertz CT molecular complexity index is 622. The number of ether oxygens (including phenoxy) is 2. The minimum Gasteiger partial charge on any atom is -0.461 e. The van der Waals surface area contributed by atoms with Gasteiger partial charge >= 0.3 is 11.9 Å². The number of hydrogen-bond donors (Lipinski definition) is 1. The monoisotopic (exact) mass is 509 g/mol. The van der Waals surface area contributed by atoms with Crippen LogP contribution in [0.3, 0.4) is 0 Å². The van der Waals surface area contributed by atoms with Gasteiger partial charge in [-0.15, -0.1) is 0 Å². The zero-order valence-corrected chi connectivity index (χ0v) is 23.9. The predicted molar refractivity (Wildman–Crippen MR) is 146 cm³/mol. The van der Waals surface area contributed by atoms with Crippen LogP contribution in [0, 0.1) is 11.8 Å². The molecule has 5 atom stereocenters. The first kappa shape index (κ1) is 32.4. The highest BCUT2D eigenvalue weighted by Crippen LogP contribution is 2.33. The van der Waals surface area contributed by atoms with Crippen molar-refractivity contribution in [3.05, 3.63) is 0 Å². The number of carbonyl (C=O) groups is 3. The van der Waals surface area contributed by atoms with E-state index >= 15 is 0 Å². The Morgan fingerprint density at radius 3 is 1.97 bits per heavy atom. The third kappa shape index (κ3) is 13.1. The second-order valence-corrected chi connectivity index (χ2v) is 10.9. The molecule has 0 spiro atoms. The average Bonchev–Trinajstić information content (AvgIpc) is 2.84. The van der Waals surface area contributed by atoms with Gasteiger partial charge in [0.2, 0.25) is 5.91 Å². The molecule has 0 bridgehead atoms. The molecule has 1 fully saturated rings. The summed E-state index contributed by atoms with van der Waals surface area (Å²) < 4.78 is 11.5. The SMILES string of the molecule is CCCCCCCCCCC[C@@H](C[C@@H]1OC(=O)[C@H]1CCCCCC)OC(=O)[C@@H](NC(C)=O)C(C)CC. The van der Waals surface area contributed by atoms with Crippen LogP contribution in [0.2, 0.25) is 0 Å². The van der Waals surface area contributed by atoms with Crippen LogP contribution in [0.25, 0.3) is 0 Å². The molecule has 0 aliphatic carbocycles. The van der Waals surface area contributed by atoms with Gasteiger partial charge in [-0.25, -0.2) is 4.79 Å². The number of amides is 1. The van der Waals surface area contributed by atoms with Crippen LogP contribution >= 0.6 is 0 Å². The maximum absolute atomic E-state index is 13.1. The molecule has 0 aromatic carbocycles. The third-order valence-corrected chi connectivity index (χ3v) is 7.62. The Balaban J connectivity index is 2.64. The maximum atomic E-state index is 13.1. The van der Waals surface area contributed by atoms with Gasteiger partial charge in [-0.1, -0.05) is 111 Å². The van der Waals surface area contributed by atoms with E-state index in [1.54, 1.807) is 0 Å². The summed E-state index contributed by atoms with van der Waals surface area (Å²) in [4.78, 5) is 36.9. The highest BCUT2D eigenvalue weighted by atomic mass is 16.6. The van der Waals surface area contributed by atoms with Crippen LogP contribution < -0.4 is 5.32 Å². The van der Waals surface area contributed by atoms with Crippen LogP contribution in [0.5, 0.6) is 0 Å². The summed E-state index contributed by atoms with van der Waals surface area (Å²) in [5.41, 5.74) is 0. The van der Waals surface area contributed by atoms with Crippen molar-refractivity contribution in [2.24, 2.45) is 11.8 Å². The number of unbranched alkanes of at least 4 members (excludes halogenated alkanes) is 11. The van der Waals surface area contributed by atoms with Gasteiger partial charge in [0, 0.05) is 13.3 Å². The molecule has 1 saturated heterocycles. The fourth-order valence-corrected chi connectivity index (χ4v) is 5.00. The number of carbonyl (C=O) groups excluding carboxylic acids is 3. The predicted octanol–water partition coefficient (Wildman–Crippen LogP) is 7.27. The molecule has 0 aromatic heterocycles.